The van der Waals surface area contributed by atoms with Crippen molar-refractivity contribution >= 4 is 109 Å². The molecule has 19 aromatic rings. The van der Waals surface area contributed by atoms with Crippen LogP contribution in [0.15, 0.2) is 336 Å². The fourth-order valence-electron chi connectivity index (χ4n) is 15.4. The van der Waals surface area contributed by atoms with E-state index in [4.69, 9.17) is 8.83 Å². The van der Waals surface area contributed by atoms with E-state index in [-0.39, 0.29) is 0 Å². The smallest absolute Gasteiger partial charge is 0.143 e. The van der Waals surface area contributed by atoms with Gasteiger partial charge in [0, 0.05) is 27.1 Å². The number of hydrogen-bond acceptors (Lipinski definition) is 2. The summed E-state index contributed by atoms with van der Waals surface area (Å²) in [7, 11) is 0. The highest BCUT2D eigenvalue weighted by molar-refractivity contribution is 6.31. The highest BCUT2D eigenvalue weighted by atomic mass is 16.3. The van der Waals surface area contributed by atoms with Gasteiger partial charge in [-0.05, 0) is 172 Å². The van der Waals surface area contributed by atoms with E-state index in [0.29, 0.717) is 0 Å². The van der Waals surface area contributed by atoms with Gasteiger partial charge in [0.05, 0.1) is 0 Å². The van der Waals surface area contributed by atoms with Crippen molar-refractivity contribution in [3.05, 3.63) is 328 Å². The third-order valence-electron chi connectivity index (χ3n) is 19.5. The summed E-state index contributed by atoms with van der Waals surface area (Å²) in [6.45, 7) is 0. The van der Waals surface area contributed by atoms with Crippen LogP contribution >= 0.6 is 0 Å². The highest BCUT2D eigenvalue weighted by Gasteiger charge is 2.25. The summed E-state index contributed by atoms with van der Waals surface area (Å²) in [6, 6.07) is 120. The summed E-state index contributed by atoms with van der Waals surface area (Å²) in [6.07, 6.45) is 0. The van der Waals surface area contributed by atoms with Crippen molar-refractivity contribution in [1.82, 2.24) is 0 Å². The van der Waals surface area contributed by atoms with Crippen molar-refractivity contribution in [3.63, 3.8) is 0 Å². The lowest BCUT2D eigenvalue weighted by Crippen LogP contribution is -1.93. The molecule has 0 aliphatic carbocycles. The van der Waals surface area contributed by atoms with Gasteiger partial charge in [-0.15, -0.1) is 0 Å². The van der Waals surface area contributed by atoms with E-state index >= 15 is 0 Å². The van der Waals surface area contributed by atoms with Crippen LogP contribution in [0, 0.1) is 0 Å². The average molecular weight is 1170 g/mol. The number of fused-ring (bicyclic) bond motifs is 14. The topological polar surface area (TPSA) is 26.3 Å². The Kier molecular flexibility index (Phi) is 11.7. The van der Waals surface area contributed by atoms with Crippen LogP contribution in [0.1, 0.15) is 0 Å². The first-order valence-electron chi connectivity index (χ1n) is 31.7. The van der Waals surface area contributed by atoms with Crippen LogP contribution in [0.5, 0.6) is 0 Å². The van der Waals surface area contributed by atoms with E-state index < -0.39 is 0 Å². The van der Waals surface area contributed by atoms with Crippen molar-refractivity contribution in [2.75, 3.05) is 0 Å². The Morgan fingerprint density at radius 3 is 1.02 bits per heavy atom. The van der Waals surface area contributed by atoms with E-state index in [2.05, 4.69) is 328 Å². The van der Waals surface area contributed by atoms with E-state index in [1.165, 1.54) is 120 Å². The normalized spacial score (nSPS) is 11.9. The van der Waals surface area contributed by atoms with E-state index in [1.54, 1.807) is 0 Å². The van der Waals surface area contributed by atoms with Crippen molar-refractivity contribution in [3.8, 4) is 89.0 Å². The molecular weight excluding hydrogens is 1110 g/mol. The average Bonchev–Trinajstić information content (AvgIpc) is 1.34. The number of benzene rings is 17. The quantitative estimate of drug-likeness (QED) is 0.142. The standard InChI is InChI=1S/C90H54O2/c1-2-19-57(20-3-1)64-23-8-9-26-69(64)84-74-31-14-16-33-76(74)85(77-34-17-15-32-75(77)84)78-52-51-68(90-89(78)88-66-25-7-5-22-59(66)50-54-81(88)92-90)61-41-37-55(38-42-61)56-39-45-62(46-40-56)82-70-27-10-12-29-72(70)83(73-30-13-11-28-71(73)82)63-47-43-60(44-48-63)67-35-18-36-79-86(67)87-65-24-6-4-21-58(65)49-53-80(87)91-79/h1-54H. The third-order valence-corrected chi connectivity index (χ3v) is 19.5. The summed E-state index contributed by atoms with van der Waals surface area (Å²) >= 11 is 0. The van der Waals surface area contributed by atoms with Crippen molar-refractivity contribution < 1.29 is 8.83 Å². The molecule has 0 spiro atoms. The van der Waals surface area contributed by atoms with Crippen molar-refractivity contribution in [2.45, 2.75) is 0 Å². The molecule has 0 atom stereocenters. The summed E-state index contributed by atoms with van der Waals surface area (Å²) in [5.41, 5.74) is 22.4. The number of furan rings is 2. The van der Waals surface area contributed by atoms with Crippen molar-refractivity contribution in [1.29, 1.82) is 0 Å². The molecule has 0 saturated heterocycles. The second-order valence-corrected chi connectivity index (χ2v) is 24.4. The molecule has 17 aromatic carbocycles. The first kappa shape index (κ1) is 51.9. The maximum absolute atomic E-state index is 7.21. The molecule has 19 rings (SSSR count). The van der Waals surface area contributed by atoms with E-state index in [1.807, 2.05) is 0 Å². The van der Waals surface area contributed by atoms with E-state index in [9.17, 15) is 0 Å². The Labute approximate surface area is 530 Å². The summed E-state index contributed by atoms with van der Waals surface area (Å²) < 4.78 is 13.7. The molecule has 2 heteroatoms. The van der Waals surface area contributed by atoms with Gasteiger partial charge in [0.25, 0.3) is 0 Å². The fourth-order valence-corrected chi connectivity index (χ4v) is 15.4. The predicted octanol–water partition coefficient (Wildman–Crippen LogP) is 25.7. The third kappa shape index (κ3) is 8.00. The van der Waals surface area contributed by atoms with Crippen LogP contribution in [0.4, 0.5) is 0 Å². The van der Waals surface area contributed by atoms with Gasteiger partial charge in [-0.25, -0.2) is 0 Å². The zero-order valence-electron chi connectivity index (χ0n) is 50.0. The molecule has 92 heavy (non-hydrogen) atoms. The molecule has 0 radical (unpaired) electrons. The molecular formula is C90H54O2. The second-order valence-electron chi connectivity index (χ2n) is 24.4. The van der Waals surface area contributed by atoms with Gasteiger partial charge in [-0.2, -0.15) is 0 Å². The second kappa shape index (κ2) is 20.8. The van der Waals surface area contributed by atoms with Gasteiger partial charge in [0.1, 0.15) is 22.3 Å². The molecule has 426 valence electrons. The molecule has 2 heterocycles. The lowest BCUT2D eigenvalue weighted by Gasteiger charge is -2.20. The maximum atomic E-state index is 7.21. The van der Waals surface area contributed by atoms with Crippen molar-refractivity contribution in [2.24, 2.45) is 0 Å². The Morgan fingerprint density at radius 2 is 0.500 bits per heavy atom. The van der Waals surface area contributed by atoms with Gasteiger partial charge < -0.3 is 8.83 Å². The van der Waals surface area contributed by atoms with Crippen LogP contribution < -0.4 is 0 Å². The molecule has 2 aromatic heterocycles. The molecule has 0 bridgehead atoms. The maximum Gasteiger partial charge on any atom is 0.143 e. The van der Waals surface area contributed by atoms with Crippen LogP contribution in [-0.4, -0.2) is 0 Å². The number of hydrogen-bond donors (Lipinski definition) is 0. The van der Waals surface area contributed by atoms with Crippen LogP contribution in [0.3, 0.4) is 0 Å². The molecule has 2 nitrogen and oxygen atoms in total. The SMILES string of the molecule is c1ccc(-c2ccccc2-c2c3ccccc3c(-c3ccc(-c4ccc(-c5ccc(-c6c7ccccc7c(-c7ccc(-c8cccc9oc%10ccc%11ccccc%11c%10c89)cc7)c7ccccc67)cc5)cc4)c4oc5ccc6ccccc6c5c34)c3ccccc23)cc1. The number of rotatable bonds is 8. The Bertz CT molecular complexity index is 6090. The zero-order valence-corrected chi connectivity index (χ0v) is 50.0. The molecule has 0 aliphatic rings. The summed E-state index contributed by atoms with van der Waals surface area (Å²) in [5.74, 6) is 0. The zero-order chi connectivity index (χ0) is 60.4. The van der Waals surface area contributed by atoms with Gasteiger partial charge in [0.2, 0.25) is 0 Å². The minimum atomic E-state index is 0.874. The predicted molar refractivity (Wildman–Crippen MR) is 390 cm³/mol. The van der Waals surface area contributed by atoms with Gasteiger partial charge in [0.15, 0.2) is 0 Å². The highest BCUT2D eigenvalue weighted by Crippen LogP contribution is 2.52. The molecule has 0 amide bonds. The van der Waals surface area contributed by atoms with Crippen LogP contribution in [0.25, 0.3) is 198 Å². The lowest BCUT2D eigenvalue weighted by molar-refractivity contribution is 0.669. The molecule has 0 N–H and O–H groups in total. The van der Waals surface area contributed by atoms with Crippen LogP contribution in [-0.2, 0) is 0 Å². The molecule has 0 aliphatic heterocycles. The van der Waals surface area contributed by atoms with Gasteiger partial charge in [-0.1, -0.05) is 303 Å². The Balaban J connectivity index is 0.701. The molecule has 0 saturated carbocycles. The fraction of sp³-hybridized carbons (Fsp3) is 0. The summed E-state index contributed by atoms with van der Waals surface area (Å²) in [5, 5.41) is 19.1. The first-order valence-corrected chi connectivity index (χ1v) is 31.7. The Morgan fingerprint density at radius 1 is 0.152 bits per heavy atom. The monoisotopic (exact) mass is 1170 g/mol. The van der Waals surface area contributed by atoms with Gasteiger partial charge >= 0.3 is 0 Å². The van der Waals surface area contributed by atoms with Gasteiger partial charge in [-0.3, -0.25) is 0 Å². The lowest BCUT2D eigenvalue weighted by atomic mass is 9.82. The van der Waals surface area contributed by atoms with E-state index in [0.717, 1.165) is 77.3 Å². The minimum Gasteiger partial charge on any atom is -0.456 e. The Hall–Kier alpha value is -12.1. The molecule has 0 fully saturated rings. The van der Waals surface area contributed by atoms with Crippen LogP contribution in [0.2, 0.25) is 0 Å². The minimum absolute atomic E-state index is 0.874. The largest absolute Gasteiger partial charge is 0.456 e. The summed E-state index contributed by atoms with van der Waals surface area (Å²) in [4.78, 5) is 0. The first-order chi connectivity index (χ1) is 45.7. The molecule has 0 unspecified atom stereocenters.